The summed E-state index contributed by atoms with van der Waals surface area (Å²) in [6, 6.07) is 8.09. The van der Waals surface area contributed by atoms with Gasteiger partial charge in [-0.1, -0.05) is 25.0 Å². The Morgan fingerprint density at radius 2 is 1.72 bits per heavy atom. The summed E-state index contributed by atoms with van der Waals surface area (Å²) >= 11 is 0. The van der Waals surface area contributed by atoms with E-state index < -0.39 is 8.32 Å². The maximum absolute atomic E-state index is 12.7. The molecule has 0 aliphatic carbocycles. The molecule has 0 radical (unpaired) electrons. The van der Waals surface area contributed by atoms with Gasteiger partial charge in [0, 0.05) is 6.61 Å². The molecule has 0 unspecified atom stereocenters. The van der Waals surface area contributed by atoms with Gasteiger partial charge < -0.3 is 4.43 Å². The van der Waals surface area contributed by atoms with Crippen LogP contribution >= 0.6 is 0 Å². The zero-order valence-corrected chi connectivity index (χ0v) is 12.8. The third kappa shape index (κ3) is 6.31. The maximum atomic E-state index is 12.7. The quantitative estimate of drug-likeness (QED) is 0.487. The number of aryl methyl sites for hydroxylation is 1. The van der Waals surface area contributed by atoms with Gasteiger partial charge in [-0.05, 0) is 56.6 Å². The van der Waals surface area contributed by atoms with Gasteiger partial charge in [0.25, 0.3) is 0 Å². The van der Waals surface area contributed by atoms with Gasteiger partial charge >= 0.3 is 0 Å². The Bertz CT molecular complexity index is 335. The van der Waals surface area contributed by atoms with Crippen molar-refractivity contribution in [3.05, 3.63) is 35.6 Å². The molecule has 1 nitrogen and oxygen atoms in total. The van der Waals surface area contributed by atoms with Crippen molar-refractivity contribution in [3.63, 3.8) is 0 Å². The minimum absolute atomic E-state index is 0.150. The van der Waals surface area contributed by atoms with Crippen molar-refractivity contribution in [1.82, 2.24) is 0 Å². The molecule has 1 aromatic carbocycles. The second kappa shape index (κ2) is 7.69. The Hall–Kier alpha value is -0.673. The molecule has 0 saturated carbocycles. The first-order valence-corrected chi connectivity index (χ1v) is 10.0. The maximum Gasteiger partial charge on any atom is 0.186 e. The first kappa shape index (κ1) is 15.4. The van der Waals surface area contributed by atoms with Crippen molar-refractivity contribution in [2.75, 3.05) is 6.61 Å². The number of hydrogen-bond donors (Lipinski definition) is 0. The van der Waals surface area contributed by atoms with Crippen LogP contribution in [0.1, 0.15) is 31.7 Å². The van der Waals surface area contributed by atoms with E-state index in [1.807, 2.05) is 12.1 Å². The van der Waals surface area contributed by atoms with Gasteiger partial charge in [0.05, 0.1) is 0 Å². The van der Waals surface area contributed by atoms with Gasteiger partial charge in [-0.25, -0.2) is 4.39 Å². The third-order valence-electron chi connectivity index (χ3n) is 3.19. The molecule has 18 heavy (non-hydrogen) atoms. The summed E-state index contributed by atoms with van der Waals surface area (Å²) in [5.41, 5.74) is 1.23. The van der Waals surface area contributed by atoms with E-state index in [-0.39, 0.29) is 5.82 Å². The fourth-order valence-electron chi connectivity index (χ4n) is 2.17. The van der Waals surface area contributed by atoms with Crippen molar-refractivity contribution in [2.24, 2.45) is 0 Å². The van der Waals surface area contributed by atoms with Crippen LogP contribution in [-0.4, -0.2) is 14.9 Å². The Kier molecular flexibility index (Phi) is 6.58. The van der Waals surface area contributed by atoms with Crippen molar-refractivity contribution in [1.29, 1.82) is 0 Å². The van der Waals surface area contributed by atoms with Crippen LogP contribution in [0.2, 0.25) is 19.1 Å². The first-order valence-electron chi connectivity index (χ1n) is 6.92. The zero-order chi connectivity index (χ0) is 13.4. The minimum atomic E-state index is -1.39. The molecular weight excluding hydrogens is 243 g/mol. The molecule has 0 spiro atoms. The van der Waals surface area contributed by atoms with Crippen molar-refractivity contribution in [2.45, 2.75) is 51.7 Å². The molecule has 102 valence electrons. The zero-order valence-electron chi connectivity index (χ0n) is 11.8. The summed E-state index contributed by atoms with van der Waals surface area (Å²) in [6.07, 6.45) is 4.72. The predicted molar refractivity (Wildman–Crippen MR) is 77.9 cm³/mol. The molecule has 0 amide bonds. The van der Waals surface area contributed by atoms with E-state index in [0.717, 1.165) is 13.0 Å². The van der Waals surface area contributed by atoms with Gasteiger partial charge in [0.2, 0.25) is 0 Å². The topological polar surface area (TPSA) is 9.23 Å². The summed E-state index contributed by atoms with van der Waals surface area (Å²) in [5.74, 6) is -0.150. The molecular formula is C15H25FOSi. The largest absolute Gasteiger partial charge is 0.418 e. The standard InChI is InChI=1S/C15H25FOSi/c1-4-17-18(2,3)13-7-5-6-8-14-9-11-15(16)12-10-14/h9-12H,4-8,13H2,1-3H3. The second-order valence-corrected chi connectivity index (χ2v) is 9.69. The van der Waals surface area contributed by atoms with Gasteiger partial charge in [-0.3, -0.25) is 0 Å². The molecule has 0 saturated heterocycles. The van der Waals surface area contributed by atoms with Gasteiger partial charge in [0.1, 0.15) is 5.82 Å². The lowest BCUT2D eigenvalue weighted by Crippen LogP contribution is -2.29. The average Bonchev–Trinajstić information content (AvgIpc) is 2.31. The number of rotatable bonds is 8. The van der Waals surface area contributed by atoms with E-state index >= 15 is 0 Å². The Morgan fingerprint density at radius 1 is 1.06 bits per heavy atom. The summed E-state index contributed by atoms with van der Waals surface area (Å²) in [4.78, 5) is 0. The van der Waals surface area contributed by atoms with E-state index in [4.69, 9.17) is 4.43 Å². The number of hydrogen-bond acceptors (Lipinski definition) is 1. The summed E-state index contributed by atoms with van der Waals surface area (Å²) in [5, 5.41) is 0. The van der Waals surface area contributed by atoms with Crippen LogP contribution in [0.4, 0.5) is 4.39 Å². The summed E-state index contributed by atoms with van der Waals surface area (Å²) < 4.78 is 18.5. The highest BCUT2D eigenvalue weighted by molar-refractivity contribution is 6.71. The predicted octanol–water partition coefficient (Wildman–Crippen LogP) is 4.78. The number of halogens is 1. The van der Waals surface area contributed by atoms with Crippen LogP contribution in [0.3, 0.4) is 0 Å². The molecule has 0 N–H and O–H groups in total. The van der Waals surface area contributed by atoms with E-state index in [2.05, 4.69) is 20.0 Å². The monoisotopic (exact) mass is 268 g/mol. The highest BCUT2D eigenvalue weighted by Crippen LogP contribution is 2.17. The Morgan fingerprint density at radius 3 is 2.33 bits per heavy atom. The van der Waals surface area contributed by atoms with Crippen LogP contribution in [0.15, 0.2) is 24.3 Å². The molecule has 1 rings (SSSR count). The van der Waals surface area contributed by atoms with Gasteiger partial charge in [-0.15, -0.1) is 0 Å². The fraction of sp³-hybridized carbons (Fsp3) is 0.600. The van der Waals surface area contributed by atoms with Crippen molar-refractivity contribution >= 4 is 8.32 Å². The van der Waals surface area contributed by atoms with Crippen LogP contribution < -0.4 is 0 Å². The molecule has 0 bridgehead atoms. The lowest BCUT2D eigenvalue weighted by atomic mass is 10.1. The normalized spacial score (nSPS) is 11.8. The first-order chi connectivity index (χ1) is 8.53. The van der Waals surface area contributed by atoms with Gasteiger partial charge in [-0.2, -0.15) is 0 Å². The smallest absolute Gasteiger partial charge is 0.186 e. The van der Waals surface area contributed by atoms with E-state index in [9.17, 15) is 4.39 Å². The Balaban J connectivity index is 2.14. The molecule has 0 aromatic heterocycles. The highest BCUT2D eigenvalue weighted by Gasteiger charge is 2.20. The molecule has 1 aromatic rings. The van der Waals surface area contributed by atoms with Gasteiger partial charge in [0.15, 0.2) is 8.32 Å². The van der Waals surface area contributed by atoms with Crippen LogP contribution in [0.5, 0.6) is 0 Å². The number of unbranched alkanes of at least 4 members (excludes halogenated alkanes) is 2. The second-order valence-electron chi connectivity index (χ2n) is 5.38. The molecule has 0 fully saturated rings. The fourth-order valence-corrected chi connectivity index (χ4v) is 4.20. The van der Waals surface area contributed by atoms with Crippen LogP contribution in [0.25, 0.3) is 0 Å². The van der Waals surface area contributed by atoms with Crippen molar-refractivity contribution < 1.29 is 8.82 Å². The van der Waals surface area contributed by atoms with E-state index in [1.165, 1.54) is 30.9 Å². The SMILES string of the molecule is CCO[Si](C)(C)CCCCCc1ccc(F)cc1. The Labute approximate surface area is 111 Å². The van der Waals surface area contributed by atoms with E-state index in [0.29, 0.717) is 0 Å². The molecule has 0 heterocycles. The molecule has 0 aliphatic heterocycles. The van der Waals surface area contributed by atoms with Crippen molar-refractivity contribution in [3.8, 4) is 0 Å². The lowest BCUT2D eigenvalue weighted by molar-refractivity contribution is 0.327. The molecule has 0 atom stereocenters. The lowest BCUT2D eigenvalue weighted by Gasteiger charge is -2.21. The highest BCUT2D eigenvalue weighted by atomic mass is 28.4. The van der Waals surface area contributed by atoms with Crippen LogP contribution in [0, 0.1) is 5.82 Å². The molecule has 3 heteroatoms. The average molecular weight is 268 g/mol. The third-order valence-corrected chi connectivity index (χ3v) is 5.82. The molecule has 0 aliphatic rings. The summed E-state index contributed by atoms with van der Waals surface area (Å²) in [6.45, 7) is 7.49. The van der Waals surface area contributed by atoms with Crippen LogP contribution in [-0.2, 0) is 10.8 Å². The number of benzene rings is 1. The minimum Gasteiger partial charge on any atom is -0.418 e. The van der Waals surface area contributed by atoms with E-state index in [1.54, 1.807) is 12.1 Å². The summed E-state index contributed by atoms with van der Waals surface area (Å²) in [7, 11) is -1.39.